The van der Waals surface area contributed by atoms with Crippen LogP contribution in [0.15, 0.2) is 60.9 Å². The molecular formula is C50H66N8O8. The molecular weight excluding hydrogens is 841 g/mol. The summed E-state index contributed by atoms with van der Waals surface area (Å²) < 4.78 is 12.9. The number of nitrogens with zero attached hydrogens (tertiary/aromatic N) is 6. The van der Waals surface area contributed by atoms with E-state index in [-0.39, 0.29) is 35.5 Å². The second kappa shape index (κ2) is 19.6. The summed E-state index contributed by atoms with van der Waals surface area (Å²) in [5.74, 6) is -0.283. The number of likely N-dealkylation sites (tertiary alicyclic amines) is 2. The highest BCUT2D eigenvalue weighted by Crippen LogP contribution is 2.39. The lowest BCUT2D eigenvalue weighted by molar-refractivity contribution is -0.136. The molecule has 2 aromatic carbocycles. The van der Waals surface area contributed by atoms with Crippen molar-refractivity contribution >= 4 is 35.8 Å². The summed E-state index contributed by atoms with van der Waals surface area (Å²) in [5.41, 5.74) is 3.05. The van der Waals surface area contributed by atoms with Crippen molar-refractivity contribution in [3.8, 4) is 33.6 Å². The van der Waals surface area contributed by atoms with E-state index in [0.29, 0.717) is 61.8 Å². The van der Waals surface area contributed by atoms with Gasteiger partial charge in [-0.25, -0.2) is 19.6 Å². The van der Waals surface area contributed by atoms with Crippen LogP contribution in [0.4, 0.5) is 9.59 Å². The number of hydrogen-bond donors (Lipinski definition) is 2. The first-order chi connectivity index (χ1) is 31.1. The number of amides is 4. The maximum atomic E-state index is 14.3. The zero-order valence-electron chi connectivity index (χ0n) is 40.4. The van der Waals surface area contributed by atoms with Gasteiger partial charge in [0.1, 0.15) is 23.7 Å². The molecule has 4 atom stereocenters. The number of ether oxygens (including phenoxy) is 2. The predicted molar refractivity (Wildman–Crippen MR) is 250 cm³/mol. The molecule has 2 N–H and O–H groups in total. The minimum Gasteiger partial charge on any atom is -0.453 e. The van der Waals surface area contributed by atoms with E-state index in [4.69, 9.17) is 19.4 Å². The summed E-state index contributed by atoms with van der Waals surface area (Å²) in [7, 11) is 2.52. The number of methoxy groups -OCH3 is 2. The molecule has 2 aromatic heterocycles. The van der Waals surface area contributed by atoms with E-state index in [9.17, 15) is 28.8 Å². The molecule has 0 bridgehead atoms. The van der Waals surface area contributed by atoms with Crippen molar-refractivity contribution in [2.24, 2.45) is 22.7 Å². The third-order valence-corrected chi connectivity index (χ3v) is 12.4. The van der Waals surface area contributed by atoms with E-state index in [0.717, 1.165) is 22.3 Å². The normalized spacial score (nSPS) is 17.5. The highest BCUT2D eigenvalue weighted by Gasteiger charge is 2.42. The number of carbonyl (C=O) groups excluding carboxylic acids is 6. The van der Waals surface area contributed by atoms with Crippen LogP contribution in [0, 0.1) is 22.7 Å². The lowest BCUT2D eigenvalue weighted by Gasteiger charge is -2.31. The van der Waals surface area contributed by atoms with E-state index < -0.39 is 47.2 Å². The summed E-state index contributed by atoms with van der Waals surface area (Å²) in [4.78, 5) is 93.9. The van der Waals surface area contributed by atoms with Gasteiger partial charge in [-0.2, -0.15) is 0 Å². The molecule has 66 heavy (non-hydrogen) atoms. The van der Waals surface area contributed by atoms with Crippen LogP contribution in [0.1, 0.15) is 128 Å². The Labute approximate surface area is 387 Å². The number of carbonyl (C=O) groups is 6. The predicted octanol–water partition coefficient (Wildman–Crippen LogP) is 8.54. The van der Waals surface area contributed by atoms with E-state index in [2.05, 4.69) is 10.6 Å². The lowest BCUT2D eigenvalue weighted by Crippen LogP contribution is -2.51. The molecule has 16 heteroatoms. The van der Waals surface area contributed by atoms with Crippen LogP contribution >= 0.6 is 0 Å². The van der Waals surface area contributed by atoms with Gasteiger partial charge < -0.3 is 29.9 Å². The van der Waals surface area contributed by atoms with Crippen LogP contribution in [-0.4, -0.2) is 104 Å². The molecule has 4 amide bonds. The number of aromatic nitrogens is 4. The van der Waals surface area contributed by atoms with Crippen molar-refractivity contribution < 1.29 is 38.2 Å². The van der Waals surface area contributed by atoms with Gasteiger partial charge in [-0.3, -0.25) is 28.3 Å². The van der Waals surface area contributed by atoms with Gasteiger partial charge in [0.05, 0.1) is 50.1 Å². The van der Waals surface area contributed by atoms with Gasteiger partial charge in [-0.15, -0.1) is 0 Å². The van der Waals surface area contributed by atoms with Crippen molar-refractivity contribution in [1.29, 1.82) is 0 Å². The molecule has 2 aliphatic rings. The average molecular weight is 907 g/mol. The van der Waals surface area contributed by atoms with Crippen LogP contribution in [-0.2, 0) is 19.1 Å². The van der Waals surface area contributed by atoms with Crippen molar-refractivity contribution in [1.82, 2.24) is 39.5 Å². The van der Waals surface area contributed by atoms with E-state index >= 15 is 0 Å². The first-order valence-corrected chi connectivity index (χ1v) is 22.8. The van der Waals surface area contributed by atoms with Crippen molar-refractivity contribution in [2.75, 3.05) is 27.3 Å². The fourth-order valence-electron chi connectivity index (χ4n) is 8.73. The Morgan fingerprint density at radius 2 is 0.879 bits per heavy atom. The van der Waals surface area contributed by atoms with Gasteiger partial charge in [0.2, 0.25) is 23.6 Å². The Kier molecular flexibility index (Phi) is 14.6. The van der Waals surface area contributed by atoms with Crippen LogP contribution < -0.4 is 10.6 Å². The Hall–Kier alpha value is -6.32. The zero-order valence-corrected chi connectivity index (χ0v) is 40.4. The minimum atomic E-state index is -0.812. The maximum absolute atomic E-state index is 14.3. The highest BCUT2D eigenvalue weighted by molar-refractivity contribution is 5.91. The third kappa shape index (κ3) is 10.1. The van der Waals surface area contributed by atoms with Gasteiger partial charge in [0.25, 0.3) is 0 Å². The summed E-state index contributed by atoms with van der Waals surface area (Å²) in [6.45, 7) is 19.5. The smallest absolute Gasteiger partial charge is 0.407 e. The third-order valence-electron chi connectivity index (χ3n) is 12.4. The highest BCUT2D eigenvalue weighted by atomic mass is 16.5. The number of benzene rings is 2. The van der Waals surface area contributed by atoms with Crippen LogP contribution in [0.3, 0.4) is 0 Å². The lowest BCUT2D eigenvalue weighted by atomic mass is 9.94. The van der Waals surface area contributed by atoms with E-state index in [1.54, 1.807) is 31.3 Å². The summed E-state index contributed by atoms with van der Waals surface area (Å²) in [6, 6.07) is 13.2. The molecule has 2 aliphatic heterocycles. The number of nitrogens with one attached hydrogen (secondary N) is 2. The SMILES string of the molecule is COC(=O)N[C@H](C(=O)N1CCC[C@H]1c1ncc(-c2ccc(-c3ccc(-c4cnc([C@@H]5CCCN5C(=O)[C@@H](NC(=O)OC)C(C)C)n4C(=O)C(C)(C)C)cc3)cc2)n1C(=O)C(C)(C)C)C(C)C. The molecule has 6 rings (SSSR count). The van der Waals surface area contributed by atoms with Crippen molar-refractivity contribution in [3.63, 3.8) is 0 Å². The van der Waals surface area contributed by atoms with Gasteiger partial charge in [0.15, 0.2) is 0 Å². The van der Waals surface area contributed by atoms with E-state index in [1.165, 1.54) is 14.2 Å². The van der Waals surface area contributed by atoms with Gasteiger partial charge in [0, 0.05) is 35.0 Å². The second-order valence-corrected chi connectivity index (χ2v) is 20.0. The first kappa shape index (κ1) is 49.1. The number of rotatable bonds is 11. The molecule has 2 saturated heterocycles. The zero-order chi connectivity index (χ0) is 48.4. The molecule has 0 saturated carbocycles. The molecule has 4 heterocycles. The van der Waals surface area contributed by atoms with Gasteiger partial charge in [-0.1, -0.05) is 118 Å². The summed E-state index contributed by atoms with van der Waals surface area (Å²) in [5, 5.41) is 5.38. The fraction of sp³-hybridized carbons (Fsp3) is 0.520. The van der Waals surface area contributed by atoms with E-state index in [1.807, 2.05) is 118 Å². The number of alkyl carbamates (subject to hydrolysis) is 2. The first-order valence-electron chi connectivity index (χ1n) is 22.8. The second-order valence-electron chi connectivity index (χ2n) is 20.0. The van der Waals surface area contributed by atoms with Crippen LogP contribution in [0.25, 0.3) is 33.6 Å². The molecule has 0 spiro atoms. The molecule has 16 nitrogen and oxygen atoms in total. The molecule has 4 aromatic rings. The van der Waals surface area contributed by atoms with Gasteiger partial charge in [-0.05, 0) is 48.6 Å². The Balaban J connectivity index is 1.30. The quantitative estimate of drug-likeness (QED) is 0.148. The topological polar surface area (TPSA) is 187 Å². The fourth-order valence-corrected chi connectivity index (χ4v) is 8.73. The van der Waals surface area contributed by atoms with Gasteiger partial charge >= 0.3 is 12.2 Å². The minimum absolute atomic E-state index is 0.160. The molecule has 354 valence electrons. The summed E-state index contributed by atoms with van der Waals surface area (Å²) in [6.07, 6.45) is 4.65. The number of imidazole rings is 2. The standard InChI is InChI=1S/C50H66N8O8/c1-29(2)39(53-47(63)65-11)43(59)55-25-13-15-35(55)41-51-27-37(57(41)45(61)49(5,6)7)33-21-17-31(18-22-33)32-19-23-34(24-20-32)38-28-52-42(58(38)46(62)50(8,9)10)36-16-14-26-56(36)44(60)40(30(3)4)54-48(64)66-12/h17-24,27-30,35-36,39-40H,13-16,25-26H2,1-12H3,(H,53,63)(H,54,64)/t35-,36-,39-,40-/m0/s1. The Bertz CT molecular complexity index is 2270. The van der Waals surface area contributed by atoms with Crippen molar-refractivity contribution in [2.45, 2.75) is 119 Å². The van der Waals surface area contributed by atoms with Crippen molar-refractivity contribution in [3.05, 3.63) is 72.6 Å². The monoisotopic (exact) mass is 907 g/mol. The number of hydrogen-bond acceptors (Lipinski definition) is 10. The Morgan fingerprint density at radius 3 is 1.17 bits per heavy atom. The maximum Gasteiger partial charge on any atom is 0.407 e. The van der Waals surface area contributed by atoms with Crippen LogP contribution in [0.5, 0.6) is 0 Å². The molecule has 0 radical (unpaired) electrons. The van der Waals surface area contributed by atoms with Crippen LogP contribution in [0.2, 0.25) is 0 Å². The Morgan fingerprint density at radius 1 is 0.561 bits per heavy atom. The molecule has 0 aliphatic carbocycles. The average Bonchev–Trinajstić information content (AvgIpc) is 4.11. The summed E-state index contributed by atoms with van der Waals surface area (Å²) >= 11 is 0. The molecule has 0 unspecified atom stereocenters. The molecule has 2 fully saturated rings. The largest absolute Gasteiger partial charge is 0.453 e.